The lowest BCUT2D eigenvalue weighted by molar-refractivity contribution is -0.374. The Morgan fingerprint density at radius 2 is 1.04 bits per heavy atom. The van der Waals surface area contributed by atoms with E-state index in [9.17, 15) is 0 Å². The highest BCUT2D eigenvalue weighted by molar-refractivity contribution is 6.75. The van der Waals surface area contributed by atoms with Gasteiger partial charge in [0.25, 0.3) is 0 Å². The topological polar surface area (TPSA) is 55.4 Å². The summed E-state index contributed by atoms with van der Waals surface area (Å²) in [7, 11) is -9.09. The van der Waals surface area contributed by atoms with E-state index in [4.69, 9.17) is 27.2 Å². The summed E-state index contributed by atoms with van der Waals surface area (Å²) in [5.74, 6) is -0.992. The van der Waals surface area contributed by atoms with Crippen molar-refractivity contribution in [3.8, 4) is 0 Å². The van der Waals surface area contributed by atoms with Crippen LogP contribution in [0.15, 0.2) is 12.7 Å². The zero-order chi connectivity index (χ0) is 36.2. The van der Waals surface area contributed by atoms with E-state index >= 15 is 0 Å². The molecule has 0 N–H and O–H groups in total. The second kappa shape index (κ2) is 13.8. The molecule has 0 aliphatic carbocycles. The maximum Gasteiger partial charge on any atom is 0.197 e. The summed E-state index contributed by atoms with van der Waals surface area (Å²) in [5.41, 5.74) is 0. The Morgan fingerprint density at radius 1 is 0.630 bits per heavy atom. The molecular weight excluding hydrogens is 641 g/mol. The average Bonchev–Trinajstić information content (AvgIpc) is 2.84. The van der Waals surface area contributed by atoms with Crippen LogP contribution < -0.4 is 0 Å². The SMILES string of the molecule is C=C[C@@H]1CCC[C@@]2(O1)O[C@@H](CO[Si](C)(C)C(C)(C)C)[C@H](O[Si](C)(C)C(C)(C)C)[C@@H](O[Si](C)(C)C(C)(C)C)[C@@H]2O[Si](C)(C)C(C)(C)C. The van der Waals surface area contributed by atoms with E-state index in [-0.39, 0.29) is 44.6 Å². The fourth-order valence-corrected chi connectivity index (χ4v) is 9.93. The number of hydrogen-bond donors (Lipinski definition) is 0. The van der Waals surface area contributed by atoms with Crippen molar-refractivity contribution in [2.75, 3.05) is 6.61 Å². The molecule has 2 aliphatic rings. The van der Waals surface area contributed by atoms with Crippen molar-refractivity contribution in [3.05, 3.63) is 12.7 Å². The summed E-state index contributed by atoms with van der Waals surface area (Å²) < 4.78 is 44.1. The van der Waals surface area contributed by atoms with Gasteiger partial charge in [0.15, 0.2) is 39.1 Å². The van der Waals surface area contributed by atoms with Gasteiger partial charge in [0, 0.05) is 6.42 Å². The van der Waals surface area contributed by atoms with Crippen LogP contribution in [-0.2, 0) is 27.2 Å². The van der Waals surface area contributed by atoms with Gasteiger partial charge in [-0.3, -0.25) is 0 Å². The van der Waals surface area contributed by atoms with E-state index < -0.39 is 45.2 Å². The molecule has 2 fully saturated rings. The predicted octanol–water partition coefficient (Wildman–Crippen LogP) is 11.0. The molecule has 0 amide bonds. The predicted molar refractivity (Wildman–Crippen MR) is 206 cm³/mol. The van der Waals surface area contributed by atoms with Gasteiger partial charge in [-0.1, -0.05) is 89.2 Å². The van der Waals surface area contributed by atoms with Gasteiger partial charge in [-0.15, -0.1) is 6.58 Å². The molecule has 0 aromatic rings. The quantitative estimate of drug-likeness (QED) is 0.166. The molecule has 10 heteroatoms. The van der Waals surface area contributed by atoms with Crippen LogP contribution >= 0.6 is 0 Å². The fourth-order valence-electron chi connectivity index (χ4n) is 5.00. The monoisotopic (exact) mass is 716 g/mol. The van der Waals surface area contributed by atoms with Crippen LogP contribution in [0.2, 0.25) is 72.5 Å². The smallest absolute Gasteiger partial charge is 0.197 e. The minimum Gasteiger partial charge on any atom is -0.414 e. The van der Waals surface area contributed by atoms with Gasteiger partial charge in [-0.2, -0.15) is 0 Å². The van der Waals surface area contributed by atoms with Crippen LogP contribution in [0.3, 0.4) is 0 Å². The number of ether oxygens (including phenoxy) is 2. The Balaban J connectivity index is 2.92. The standard InChI is InChI=1S/C36H76O6Si4/c1-22-27-24-23-25-36(38-27)31(42-46(20,21)35(11,12)13)30(41-45(18,19)34(8,9)10)29(40-44(16,17)33(5,6)7)28(39-36)26-37-43(14,15)32(2,3)4/h22,27-31H,1,23-26H2,2-21H3/t27-,28+,29+,30-,31+,36-/m1/s1. The molecule has 0 radical (unpaired) electrons. The van der Waals surface area contributed by atoms with Crippen LogP contribution in [0.4, 0.5) is 0 Å². The van der Waals surface area contributed by atoms with E-state index in [0.717, 1.165) is 19.3 Å². The Kier molecular flexibility index (Phi) is 12.8. The molecule has 6 atom stereocenters. The van der Waals surface area contributed by atoms with Crippen LogP contribution in [0.5, 0.6) is 0 Å². The van der Waals surface area contributed by atoms with Gasteiger partial charge < -0.3 is 27.2 Å². The summed E-state index contributed by atoms with van der Waals surface area (Å²) >= 11 is 0. The van der Waals surface area contributed by atoms with Crippen LogP contribution in [0, 0.1) is 0 Å². The molecule has 0 aromatic carbocycles. The first-order valence-electron chi connectivity index (χ1n) is 17.9. The molecule has 2 saturated heterocycles. The first-order chi connectivity index (χ1) is 20.2. The van der Waals surface area contributed by atoms with Crippen molar-refractivity contribution >= 4 is 33.3 Å². The maximum atomic E-state index is 7.61. The van der Waals surface area contributed by atoms with Crippen molar-refractivity contribution in [1.29, 1.82) is 0 Å². The van der Waals surface area contributed by atoms with Crippen LogP contribution in [0.25, 0.3) is 0 Å². The minimum absolute atomic E-state index is 0.000443. The molecule has 0 unspecified atom stereocenters. The highest BCUT2D eigenvalue weighted by Gasteiger charge is 2.63. The van der Waals surface area contributed by atoms with Crippen LogP contribution in [0.1, 0.15) is 102 Å². The highest BCUT2D eigenvalue weighted by atomic mass is 28.4. The zero-order valence-corrected chi connectivity index (χ0v) is 37.9. The van der Waals surface area contributed by atoms with Gasteiger partial charge in [0.05, 0.1) is 12.7 Å². The van der Waals surface area contributed by atoms with Gasteiger partial charge in [0.1, 0.15) is 24.4 Å². The number of hydrogen-bond acceptors (Lipinski definition) is 6. The first-order valence-corrected chi connectivity index (χ1v) is 29.5. The minimum atomic E-state index is -2.34. The number of rotatable bonds is 10. The molecule has 2 aliphatic heterocycles. The van der Waals surface area contributed by atoms with E-state index in [1.54, 1.807) is 0 Å². The summed E-state index contributed by atoms with van der Waals surface area (Å²) in [4.78, 5) is 0. The van der Waals surface area contributed by atoms with E-state index in [0.29, 0.717) is 6.61 Å². The third-order valence-electron chi connectivity index (χ3n) is 12.5. The van der Waals surface area contributed by atoms with Gasteiger partial charge in [-0.05, 0) is 85.4 Å². The average molecular weight is 717 g/mol. The summed E-state index contributed by atoms with van der Waals surface area (Å²) in [6, 6.07) is 0. The molecule has 6 nitrogen and oxygen atoms in total. The molecule has 1 spiro atoms. The molecular formula is C36H76O6Si4. The molecule has 0 saturated carbocycles. The third-order valence-corrected chi connectivity index (χ3v) is 30.4. The van der Waals surface area contributed by atoms with Crippen molar-refractivity contribution in [2.24, 2.45) is 0 Å². The van der Waals surface area contributed by atoms with E-state index in [1.807, 2.05) is 6.08 Å². The fraction of sp³-hybridized carbons (Fsp3) is 0.944. The summed E-state index contributed by atoms with van der Waals surface area (Å²) in [6.45, 7) is 50.8. The summed E-state index contributed by atoms with van der Waals surface area (Å²) in [6.07, 6.45) is 2.85. The normalized spacial score (nSPS) is 29.7. The van der Waals surface area contributed by atoms with Gasteiger partial charge in [0.2, 0.25) is 0 Å². The maximum absolute atomic E-state index is 7.61. The molecule has 2 rings (SSSR count). The Morgan fingerprint density at radius 3 is 1.46 bits per heavy atom. The van der Waals surface area contributed by atoms with E-state index in [2.05, 4.69) is 142 Å². The third kappa shape index (κ3) is 9.37. The molecule has 0 bridgehead atoms. The molecule has 272 valence electrons. The molecule has 2 heterocycles. The van der Waals surface area contributed by atoms with Crippen molar-refractivity contribution in [2.45, 2.75) is 211 Å². The highest BCUT2D eigenvalue weighted by Crippen LogP contribution is 2.51. The second-order valence-corrected chi connectivity index (χ2v) is 39.4. The van der Waals surface area contributed by atoms with Crippen molar-refractivity contribution in [1.82, 2.24) is 0 Å². The second-order valence-electron chi connectivity index (χ2n) is 20.3. The van der Waals surface area contributed by atoms with E-state index in [1.165, 1.54) is 0 Å². The lowest BCUT2D eigenvalue weighted by Crippen LogP contribution is -2.73. The Hall–Kier alpha value is 0.368. The van der Waals surface area contributed by atoms with Gasteiger partial charge >= 0.3 is 0 Å². The Bertz CT molecular complexity index is 1030. The largest absolute Gasteiger partial charge is 0.414 e. The zero-order valence-electron chi connectivity index (χ0n) is 33.9. The van der Waals surface area contributed by atoms with Crippen molar-refractivity contribution < 1.29 is 27.2 Å². The van der Waals surface area contributed by atoms with Gasteiger partial charge in [-0.25, -0.2) is 0 Å². The lowest BCUT2D eigenvalue weighted by atomic mass is 9.87. The van der Waals surface area contributed by atoms with Crippen molar-refractivity contribution in [3.63, 3.8) is 0 Å². The summed E-state index contributed by atoms with van der Waals surface area (Å²) in [5, 5.41) is 0.0427. The lowest BCUT2D eigenvalue weighted by Gasteiger charge is -2.59. The Labute approximate surface area is 290 Å². The molecule has 46 heavy (non-hydrogen) atoms. The first kappa shape index (κ1) is 42.5. The van der Waals surface area contributed by atoms with Crippen LogP contribution in [-0.4, -0.2) is 76.2 Å². The molecule has 0 aromatic heterocycles.